The highest BCUT2D eigenvalue weighted by Crippen LogP contribution is 2.47. The van der Waals surface area contributed by atoms with Crippen LogP contribution in [0.25, 0.3) is 10.8 Å². The second kappa shape index (κ2) is 7.17. The summed E-state index contributed by atoms with van der Waals surface area (Å²) >= 11 is 0. The van der Waals surface area contributed by atoms with E-state index in [9.17, 15) is 0 Å². The Morgan fingerprint density at radius 3 is 2.48 bits per heavy atom. The van der Waals surface area contributed by atoms with Crippen LogP contribution in [-0.2, 0) is 0 Å². The lowest BCUT2D eigenvalue weighted by atomic mass is 9.95. The normalized spacial score (nSPS) is 19.4. The first-order valence-corrected chi connectivity index (χ1v) is 10.5. The number of fused-ring (bicyclic) bond motifs is 4. The van der Waals surface area contributed by atoms with Crippen molar-refractivity contribution in [1.29, 1.82) is 0 Å². The molecular formula is C27H22N2O2. The number of hydrogen-bond donors (Lipinski definition) is 0. The van der Waals surface area contributed by atoms with Gasteiger partial charge >= 0.3 is 0 Å². The summed E-state index contributed by atoms with van der Waals surface area (Å²) in [5.74, 6) is 1.76. The third kappa shape index (κ3) is 3.03. The first kappa shape index (κ1) is 18.0. The average molecular weight is 406 g/mol. The fourth-order valence-corrected chi connectivity index (χ4v) is 4.57. The molecule has 152 valence electrons. The fourth-order valence-electron chi connectivity index (χ4n) is 4.57. The van der Waals surface area contributed by atoms with Crippen LogP contribution in [0, 0.1) is 0 Å². The van der Waals surface area contributed by atoms with E-state index in [1.807, 2.05) is 18.2 Å². The summed E-state index contributed by atoms with van der Waals surface area (Å²) in [6.45, 7) is 0. The number of hydrogen-bond acceptors (Lipinski definition) is 4. The zero-order valence-corrected chi connectivity index (χ0v) is 17.2. The Bertz CT molecular complexity index is 1300. The van der Waals surface area contributed by atoms with E-state index in [1.54, 1.807) is 7.11 Å². The van der Waals surface area contributed by atoms with Crippen molar-refractivity contribution in [1.82, 2.24) is 5.01 Å². The average Bonchev–Trinajstić information content (AvgIpc) is 3.29. The Kier molecular flexibility index (Phi) is 4.17. The predicted molar refractivity (Wildman–Crippen MR) is 122 cm³/mol. The molecule has 0 fully saturated rings. The summed E-state index contributed by atoms with van der Waals surface area (Å²) in [6, 6.07) is 31.5. The molecule has 4 aromatic rings. The number of nitrogens with zero attached hydrogens (tertiary/aromatic N) is 2. The monoisotopic (exact) mass is 406 g/mol. The van der Waals surface area contributed by atoms with E-state index in [4.69, 9.17) is 14.6 Å². The number of methoxy groups -OCH3 is 1. The van der Waals surface area contributed by atoms with Crippen molar-refractivity contribution in [3.63, 3.8) is 0 Å². The third-order valence-electron chi connectivity index (χ3n) is 6.18. The first-order chi connectivity index (χ1) is 15.3. The second-order valence-corrected chi connectivity index (χ2v) is 7.99. The summed E-state index contributed by atoms with van der Waals surface area (Å²) < 4.78 is 11.8. The maximum atomic E-state index is 6.44. The van der Waals surface area contributed by atoms with Gasteiger partial charge in [0.05, 0.1) is 18.9 Å². The topological polar surface area (TPSA) is 34.1 Å². The highest BCUT2D eigenvalue weighted by Gasteiger charge is 2.40. The predicted octanol–water partition coefficient (Wildman–Crippen LogP) is 6.09. The molecule has 0 unspecified atom stereocenters. The van der Waals surface area contributed by atoms with Gasteiger partial charge < -0.3 is 9.47 Å². The minimum Gasteiger partial charge on any atom is -0.497 e. The Hall–Kier alpha value is -3.79. The molecule has 0 saturated heterocycles. The smallest absolute Gasteiger partial charge is 0.213 e. The Morgan fingerprint density at radius 1 is 0.871 bits per heavy atom. The lowest BCUT2D eigenvalue weighted by Gasteiger charge is -2.38. The zero-order valence-electron chi connectivity index (χ0n) is 17.2. The van der Waals surface area contributed by atoms with Crippen molar-refractivity contribution >= 4 is 16.5 Å². The van der Waals surface area contributed by atoms with Crippen molar-refractivity contribution in [2.75, 3.05) is 7.11 Å². The molecule has 6 rings (SSSR count). The van der Waals surface area contributed by atoms with Crippen LogP contribution in [0.4, 0.5) is 0 Å². The van der Waals surface area contributed by atoms with Gasteiger partial charge in [0, 0.05) is 17.5 Å². The SMILES string of the molecule is COc1ccc([C@H]2Oc3ccccc3[C@H]3CC(c4ccc5ccccc5c4)=NN32)cc1. The van der Waals surface area contributed by atoms with Crippen LogP contribution >= 0.6 is 0 Å². The Labute approximate surface area is 181 Å². The molecule has 0 radical (unpaired) electrons. The summed E-state index contributed by atoms with van der Waals surface area (Å²) in [5.41, 5.74) is 4.50. The number of rotatable bonds is 3. The van der Waals surface area contributed by atoms with E-state index in [0.29, 0.717) is 0 Å². The van der Waals surface area contributed by atoms with Gasteiger partial charge in [0.15, 0.2) is 0 Å². The second-order valence-electron chi connectivity index (χ2n) is 7.99. The molecule has 4 nitrogen and oxygen atoms in total. The van der Waals surface area contributed by atoms with Crippen LogP contribution in [0.15, 0.2) is 96.1 Å². The van der Waals surface area contributed by atoms with Crippen LogP contribution in [-0.4, -0.2) is 17.8 Å². The molecule has 2 atom stereocenters. The number of benzene rings is 4. The van der Waals surface area contributed by atoms with Gasteiger partial charge in [0.2, 0.25) is 6.23 Å². The molecule has 0 aliphatic carbocycles. The van der Waals surface area contributed by atoms with Crippen molar-refractivity contribution in [3.05, 3.63) is 108 Å². The van der Waals surface area contributed by atoms with Gasteiger partial charge in [-0.05, 0) is 52.7 Å². The molecular weight excluding hydrogens is 384 g/mol. The van der Waals surface area contributed by atoms with E-state index in [2.05, 4.69) is 77.8 Å². The molecule has 2 heterocycles. The van der Waals surface area contributed by atoms with E-state index >= 15 is 0 Å². The van der Waals surface area contributed by atoms with E-state index in [-0.39, 0.29) is 12.3 Å². The van der Waals surface area contributed by atoms with Crippen LogP contribution < -0.4 is 9.47 Å². The summed E-state index contributed by atoms with van der Waals surface area (Å²) in [7, 11) is 1.68. The van der Waals surface area contributed by atoms with Gasteiger partial charge in [0.25, 0.3) is 0 Å². The molecule has 0 bridgehead atoms. The Balaban J connectivity index is 1.43. The van der Waals surface area contributed by atoms with Crippen molar-refractivity contribution in [2.45, 2.75) is 18.7 Å². The number of hydrazone groups is 1. The summed E-state index contributed by atoms with van der Waals surface area (Å²) in [4.78, 5) is 0. The Morgan fingerprint density at radius 2 is 1.65 bits per heavy atom. The number of para-hydroxylation sites is 1. The molecule has 2 aliphatic rings. The molecule has 0 N–H and O–H groups in total. The fraction of sp³-hybridized carbons (Fsp3) is 0.148. The third-order valence-corrected chi connectivity index (χ3v) is 6.18. The lowest BCUT2D eigenvalue weighted by Crippen LogP contribution is -2.33. The highest BCUT2D eigenvalue weighted by atomic mass is 16.5. The van der Waals surface area contributed by atoms with Crippen LogP contribution in [0.3, 0.4) is 0 Å². The van der Waals surface area contributed by atoms with Gasteiger partial charge in [-0.3, -0.25) is 0 Å². The molecule has 4 heteroatoms. The van der Waals surface area contributed by atoms with Gasteiger partial charge in [-0.1, -0.05) is 54.6 Å². The minimum absolute atomic E-state index is 0.151. The maximum Gasteiger partial charge on any atom is 0.213 e. The van der Waals surface area contributed by atoms with Crippen LogP contribution in [0.1, 0.15) is 35.4 Å². The maximum absolute atomic E-state index is 6.44. The quantitative estimate of drug-likeness (QED) is 0.413. The molecule has 0 saturated carbocycles. The van der Waals surface area contributed by atoms with Crippen LogP contribution in [0.5, 0.6) is 11.5 Å². The van der Waals surface area contributed by atoms with Crippen molar-refractivity contribution in [2.24, 2.45) is 5.10 Å². The molecule has 0 spiro atoms. The molecule has 0 aromatic heterocycles. The minimum atomic E-state index is -0.274. The summed E-state index contributed by atoms with van der Waals surface area (Å²) in [6.07, 6.45) is 0.578. The van der Waals surface area contributed by atoms with Gasteiger partial charge in [-0.25, -0.2) is 5.01 Å². The first-order valence-electron chi connectivity index (χ1n) is 10.5. The standard InChI is InChI=1S/C27H22N2O2/c1-30-22-14-12-19(13-15-22)27-29-25(23-8-4-5-9-26(23)31-27)17-24(28-29)21-11-10-18-6-2-3-7-20(18)16-21/h2-16,25,27H,17H2,1H3/t25-,27-/m1/s1. The molecule has 31 heavy (non-hydrogen) atoms. The molecule has 4 aromatic carbocycles. The van der Waals surface area contributed by atoms with E-state index in [1.165, 1.54) is 21.9 Å². The molecule has 2 aliphatic heterocycles. The highest BCUT2D eigenvalue weighted by molar-refractivity contribution is 6.04. The zero-order chi connectivity index (χ0) is 20.8. The lowest BCUT2D eigenvalue weighted by molar-refractivity contribution is -0.0190. The van der Waals surface area contributed by atoms with E-state index < -0.39 is 0 Å². The van der Waals surface area contributed by atoms with Gasteiger partial charge in [-0.15, -0.1) is 0 Å². The van der Waals surface area contributed by atoms with E-state index in [0.717, 1.165) is 29.2 Å². The van der Waals surface area contributed by atoms with Crippen molar-refractivity contribution < 1.29 is 9.47 Å². The largest absolute Gasteiger partial charge is 0.497 e. The van der Waals surface area contributed by atoms with Gasteiger partial charge in [0.1, 0.15) is 11.5 Å². The van der Waals surface area contributed by atoms with Crippen molar-refractivity contribution in [3.8, 4) is 11.5 Å². The number of ether oxygens (including phenoxy) is 2. The van der Waals surface area contributed by atoms with Gasteiger partial charge in [-0.2, -0.15) is 5.10 Å². The molecule has 0 amide bonds. The summed E-state index contributed by atoms with van der Waals surface area (Å²) in [5, 5.41) is 9.68. The van der Waals surface area contributed by atoms with Crippen LogP contribution in [0.2, 0.25) is 0 Å².